The Morgan fingerprint density at radius 2 is 1.13 bits per heavy atom. The van der Waals surface area contributed by atoms with Crippen molar-refractivity contribution in [3.05, 3.63) is 95.6 Å². The maximum Gasteiger partial charge on any atom is 0.514 e. The van der Waals surface area contributed by atoms with E-state index in [9.17, 15) is 14.4 Å². The summed E-state index contributed by atoms with van der Waals surface area (Å²) in [6, 6.07) is 22.2. The summed E-state index contributed by atoms with van der Waals surface area (Å²) >= 11 is 0. The molecule has 0 saturated heterocycles. The smallest absolute Gasteiger partial charge is 0.429 e. The number of carbonyl (C=O) groups excluding carboxylic acids is 3. The number of rotatable bonds is 7. The van der Waals surface area contributed by atoms with Crippen molar-refractivity contribution < 1.29 is 33.3 Å². The molecule has 0 heterocycles. The normalized spacial score (nSPS) is 10.1. The maximum absolute atomic E-state index is 12.1. The van der Waals surface area contributed by atoms with Crippen LogP contribution in [0.1, 0.15) is 28.4 Å². The van der Waals surface area contributed by atoms with E-state index in [-0.39, 0.29) is 36.1 Å². The van der Waals surface area contributed by atoms with E-state index < -0.39 is 12.3 Å². The summed E-state index contributed by atoms with van der Waals surface area (Å²) in [5, 5.41) is 0. The average Bonchev–Trinajstić information content (AvgIpc) is 2.79. The molecule has 0 aromatic heterocycles. The third-order valence-electron chi connectivity index (χ3n) is 4.14. The van der Waals surface area contributed by atoms with Gasteiger partial charge in [0.05, 0.1) is 0 Å². The summed E-state index contributed by atoms with van der Waals surface area (Å²) in [7, 11) is 0. The minimum absolute atomic E-state index is 0.00137. The van der Waals surface area contributed by atoms with Gasteiger partial charge in [0.1, 0.15) is 13.2 Å². The molecule has 7 nitrogen and oxygen atoms in total. The predicted molar refractivity (Wildman–Crippen MR) is 111 cm³/mol. The van der Waals surface area contributed by atoms with Crippen molar-refractivity contribution in [2.45, 2.75) is 20.1 Å². The molecule has 0 amide bonds. The van der Waals surface area contributed by atoms with E-state index in [2.05, 4.69) is 0 Å². The number of ether oxygens (including phenoxy) is 4. The third-order valence-corrected chi connectivity index (χ3v) is 4.14. The van der Waals surface area contributed by atoms with Gasteiger partial charge in [-0.3, -0.25) is 4.79 Å². The third kappa shape index (κ3) is 6.71. The Kier molecular flexibility index (Phi) is 7.37. The summed E-state index contributed by atoms with van der Waals surface area (Å²) in [4.78, 5) is 35.9. The second kappa shape index (κ2) is 10.6. The molecule has 0 fully saturated rings. The summed E-state index contributed by atoms with van der Waals surface area (Å²) in [6.45, 7) is 1.38. The molecule has 0 atom stereocenters. The molecule has 0 N–H and O–H groups in total. The Hall–Kier alpha value is -4.13. The molecule has 0 saturated carbocycles. The first kappa shape index (κ1) is 21.6. The van der Waals surface area contributed by atoms with E-state index in [0.29, 0.717) is 0 Å². The molecular formula is C24H20O7. The van der Waals surface area contributed by atoms with Crippen LogP contribution >= 0.6 is 0 Å². The van der Waals surface area contributed by atoms with Crippen LogP contribution in [0, 0.1) is 0 Å². The fourth-order valence-corrected chi connectivity index (χ4v) is 2.56. The zero-order valence-corrected chi connectivity index (χ0v) is 16.8. The lowest BCUT2D eigenvalue weighted by Crippen LogP contribution is -2.14. The van der Waals surface area contributed by atoms with Crippen LogP contribution in [-0.2, 0) is 22.7 Å². The van der Waals surface area contributed by atoms with Crippen molar-refractivity contribution >= 4 is 18.1 Å². The van der Waals surface area contributed by atoms with Gasteiger partial charge in [-0.15, -0.1) is 0 Å². The van der Waals surface area contributed by atoms with Gasteiger partial charge in [-0.25, -0.2) is 9.59 Å². The lowest BCUT2D eigenvalue weighted by Gasteiger charge is -2.12. The van der Waals surface area contributed by atoms with Crippen molar-refractivity contribution in [3.63, 3.8) is 0 Å². The standard InChI is InChI=1S/C24H20O7/c1-17(25)20-12-13-21(30-23(26)28-15-18-8-4-2-5-9-18)22(14-20)31-24(27)29-16-19-10-6-3-7-11-19/h2-14H,15-16H2,1H3. The van der Waals surface area contributed by atoms with Crippen LogP contribution in [0.2, 0.25) is 0 Å². The van der Waals surface area contributed by atoms with Crippen molar-refractivity contribution in [2.24, 2.45) is 0 Å². The lowest BCUT2D eigenvalue weighted by molar-refractivity contribution is 0.0831. The molecule has 31 heavy (non-hydrogen) atoms. The SMILES string of the molecule is CC(=O)c1ccc(OC(=O)OCc2ccccc2)c(OC(=O)OCc2ccccc2)c1. The van der Waals surface area contributed by atoms with Gasteiger partial charge in [-0.1, -0.05) is 60.7 Å². The quantitative estimate of drug-likeness (QED) is 0.290. The highest BCUT2D eigenvalue weighted by Gasteiger charge is 2.18. The highest BCUT2D eigenvalue weighted by molar-refractivity contribution is 5.95. The zero-order chi connectivity index (χ0) is 22.1. The zero-order valence-electron chi connectivity index (χ0n) is 16.8. The number of benzene rings is 3. The molecule has 3 rings (SSSR count). The minimum Gasteiger partial charge on any atom is -0.429 e. The van der Waals surface area contributed by atoms with Crippen LogP contribution in [0.3, 0.4) is 0 Å². The van der Waals surface area contributed by atoms with Gasteiger partial charge >= 0.3 is 12.3 Å². The largest absolute Gasteiger partial charge is 0.514 e. The van der Waals surface area contributed by atoms with Gasteiger partial charge in [-0.2, -0.15) is 0 Å². The van der Waals surface area contributed by atoms with Crippen LogP contribution in [0.25, 0.3) is 0 Å². The Morgan fingerprint density at radius 3 is 1.61 bits per heavy atom. The second-order valence-corrected chi connectivity index (χ2v) is 6.47. The molecule has 7 heteroatoms. The van der Waals surface area contributed by atoms with Crippen molar-refractivity contribution in [1.29, 1.82) is 0 Å². The van der Waals surface area contributed by atoms with E-state index in [4.69, 9.17) is 18.9 Å². The summed E-state index contributed by atoms with van der Waals surface area (Å²) < 4.78 is 20.5. The number of carbonyl (C=O) groups is 3. The number of ketones is 1. The predicted octanol–water partition coefficient (Wildman–Crippen LogP) is 5.32. The lowest BCUT2D eigenvalue weighted by atomic mass is 10.1. The molecule has 3 aromatic carbocycles. The van der Waals surface area contributed by atoms with Gasteiger partial charge in [0.15, 0.2) is 17.3 Å². The van der Waals surface area contributed by atoms with Crippen LogP contribution in [-0.4, -0.2) is 18.1 Å². The van der Waals surface area contributed by atoms with Crippen molar-refractivity contribution in [1.82, 2.24) is 0 Å². The fraction of sp³-hybridized carbons (Fsp3) is 0.125. The van der Waals surface area contributed by atoms with Gasteiger partial charge in [0.2, 0.25) is 0 Å². The first-order chi connectivity index (χ1) is 15.0. The van der Waals surface area contributed by atoms with E-state index >= 15 is 0 Å². The Bertz CT molecular complexity index is 1050. The van der Waals surface area contributed by atoms with Crippen molar-refractivity contribution in [2.75, 3.05) is 0 Å². The van der Waals surface area contributed by atoms with Crippen LogP contribution in [0.4, 0.5) is 9.59 Å². The van der Waals surface area contributed by atoms with Crippen LogP contribution in [0.15, 0.2) is 78.9 Å². The van der Waals surface area contributed by atoms with E-state index in [1.807, 2.05) is 36.4 Å². The fourth-order valence-electron chi connectivity index (χ4n) is 2.56. The molecule has 0 aliphatic rings. The molecule has 3 aromatic rings. The number of hydrogen-bond donors (Lipinski definition) is 0. The molecule has 0 bridgehead atoms. The van der Waals surface area contributed by atoms with Gasteiger partial charge in [0, 0.05) is 5.56 Å². The minimum atomic E-state index is -1.01. The van der Waals surface area contributed by atoms with Crippen LogP contribution < -0.4 is 9.47 Å². The first-order valence-electron chi connectivity index (χ1n) is 9.43. The second-order valence-electron chi connectivity index (χ2n) is 6.47. The summed E-state index contributed by atoms with van der Waals surface area (Å²) in [5.41, 5.74) is 1.83. The van der Waals surface area contributed by atoms with E-state index in [1.165, 1.54) is 25.1 Å². The first-order valence-corrected chi connectivity index (χ1v) is 9.43. The number of Topliss-reactive ketones (excluding diaryl/α,β-unsaturated/α-hetero) is 1. The monoisotopic (exact) mass is 420 g/mol. The Balaban J connectivity index is 1.65. The molecule has 0 aliphatic heterocycles. The van der Waals surface area contributed by atoms with Gasteiger partial charge in [0.25, 0.3) is 0 Å². The molecular weight excluding hydrogens is 400 g/mol. The number of hydrogen-bond acceptors (Lipinski definition) is 7. The van der Waals surface area contributed by atoms with E-state index in [1.54, 1.807) is 24.3 Å². The topological polar surface area (TPSA) is 88.1 Å². The van der Waals surface area contributed by atoms with E-state index in [0.717, 1.165) is 11.1 Å². The van der Waals surface area contributed by atoms with Gasteiger partial charge in [-0.05, 0) is 36.2 Å². The highest BCUT2D eigenvalue weighted by atomic mass is 16.7. The summed E-state index contributed by atoms with van der Waals surface area (Å²) in [6.07, 6.45) is -1.99. The molecule has 0 unspecified atom stereocenters. The average molecular weight is 420 g/mol. The van der Waals surface area contributed by atoms with Crippen LogP contribution in [0.5, 0.6) is 11.5 Å². The Labute approximate surface area is 179 Å². The highest BCUT2D eigenvalue weighted by Crippen LogP contribution is 2.29. The molecule has 0 radical (unpaired) electrons. The summed E-state index contributed by atoms with van der Waals surface area (Å²) in [5.74, 6) is -0.470. The molecule has 0 spiro atoms. The van der Waals surface area contributed by atoms with Gasteiger partial charge < -0.3 is 18.9 Å². The Morgan fingerprint density at radius 1 is 0.645 bits per heavy atom. The molecule has 0 aliphatic carbocycles. The maximum atomic E-state index is 12.1. The van der Waals surface area contributed by atoms with Crippen molar-refractivity contribution in [3.8, 4) is 11.5 Å². The molecule has 158 valence electrons.